The van der Waals surface area contributed by atoms with E-state index in [1.807, 2.05) is 0 Å². The van der Waals surface area contributed by atoms with Crippen molar-refractivity contribution in [3.63, 3.8) is 0 Å². The van der Waals surface area contributed by atoms with Gasteiger partial charge in [0, 0.05) is 31.2 Å². The van der Waals surface area contributed by atoms with Crippen molar-refractivity contribution < 1.29 is 77.2 Å². The number of rotatable bonds is 18. The second-order valence-corrected chi connectivity index (χ2v) is 15.6. The number of esters is 2. The molecule has 4 rings (SSSR count). The molecular weight excluding hydrogens is 885 g/mol. The maximum absolute atomic E-state index is 13.5. The van der Waals surface area contributed by atoms with E-state index in [9.17, 15) is 58.7 Å². The number of carbonyl (C=O) groups is 6. The molecule has 4 aromatic rings. The van der Waals surface area contributed by atoms with Gasteiger partial charge in [-0.1, -0.05) is 46.4 Å². The number of hydrogen-bond acceptors (Lipinski definition) is 15. The lowest BCUT2D eigenvalue weighted by Gasteiger charge is -2.31. The van der Waals surface area contributed by atoms with E-state index in [2.05, 4.69) is 9.05 Å². The van der Waals surface area contributed by atoms with Crippen molar-refractivity contribution in [2.45, 2.75) is 36.3 Å². The fourth-order valence-electron chi connectivity index (χ4n) is 5.11. The van der Waals surface area contributed by atoms with Crippen molar-refractivity contribution in [3.8, 4) is 0 Å². The largest absolute Gasteiger partial charge is 0.589 e. The lowest BCUT2D eigenvalue weighted by Crippen LogP contribution is -2.53. The van der Waals surface area contributed by atoms with E-state index in [0.29, 0.717) is 0 Å². The fraction of sp³-hybridized carbons (Fsp3) is 0.211. The monoisotopic (exact) mass is 914 g/mol. The van der Waals surface area contributed by atoms with Crippen LogP contribution in [0, 0.1) is 0 Å². The number of carbonyl (C=O) groups excluding carboxylic acids is 6. The Bertz CT molecular complexity index is 2080. The van der Waals surface area contributed by atoms with Crippen LogP contribution in [0.4, 0.5) is 0 Å². The van der Waals surface area contributed by atoms with E-state index in [1.165, 1.54) is 72.8 Å². The first-order valence-corrected chi connectivity index (χ1v) is 19.7. The van der Waals surface area contributed by atoms with Crippen molar-refractivity contribution >= 4 is 89.7 Å². The molecule has 0 saturated heterocycles. The predicted octanol–water partition coefficient (Wildman–Crippen LogP) is 5.23. The maximum atomic E-state index is 13.5. The highest BCUT2D eigenvalue weighted by Gasteiger charge is 2.50. The van der Waals surface area contributed by atoms with Crippen LogP contribution in [0.5, 0.6) is 0 Å². The van der Waals surface area contributed by atoms with Crippen LogP contribution in [-0.2, 0) is 32.7 Å². The molecule has 0 fully saturated rings. The normalized spacial score (nSPS) is 14.4. The van der Waals surface area contributed by atoms with Gasteiger partial charge in [-0.15, -0.1) is 0 Å². The third-order valence-corrected chi connectivity index (χ3v) is 10.1. The third-order valence-electron chi connectivity index (χ3n) is 8.27. The summed E-state index contributed by atoms with van der Waals surface area (Å²) in [5.41, 5.74) is -7.27. The molecule has 4 aromatic carbocycles. The van der Waals surface area contributed by atoms with Crippen LogP contribution < -0.4 is 0 Å². The zero-order chi connectivity index (χ0) is 43.7. The first-order chi connectivity index (χ1) is 27.6. The standard InChI is InChI=1S/C38H31Cl4O16P/c39-25-9-1-21(2-10-25)33(47)37(51,29(43)19-55-35(49)23-5-13-27(41)14-6-23)17-31(45)57-59(53,54)58-32(46)18-38(52,34(48)22-3-11-26(40)12-4-22)30(44)20-56-36(50)24-7-15-28(42)16-8-24/h1-16,29-30,43-44,51-52H,17-20H2,(H,53,54)/t29-,30-,37+,38+/m1/s1. The Kier molecular flexibility index (Phi) is 15.9. The maximum Gasteiger partial charge on any atom is 0.589 e. The minimum atomic E-state index is -5.94. The van der Waals surface area contributed by atoms with E-state index < -0.39 is 92.7 Å². The van der Waals surface area contributed by atoms with Gasteiger partial charge in [0.1, 0.15) is 25.4 Å². The van der Waals surface area contributed by atoms with E-state index in [-0.39, 0.29) is 42.3 Å². The molecular formula is C38H31Cl4O16P. The number of ether oxygens (including phenoxy) is 2. The molecule has 0 amide bonds. The van der Waals surface area contributed by atoms with Crippen molar-refractivity contribution in [1.82, 2.24) is 0 Å². The molecule has 0 bridgehead atoms. The summed E-state index contributed by atoms with van der Waals surface area (Å²) >= 11 is 23.4. The van der Waals surface area contributed by atoms with Gasteiger partial charge < -0.3 is 38.9 Å². The Balaban J connectivity index is 1.51. The number of aliphatic hydroxyl groups excluding tert-OH is 2. The Morgan fingerprint density at radius 2 is 0.763 bits per heavy atom. The van der Waals surface area contributed by atoms with E-state index in [4.69, 9.17) is 55.9 Å². The molecule has 0 aromatic heterocycles. The van der Waals surface area contributed by atoms with Crippen LogP contribution in [-0.4, -0.2) is 97.4 Å². The SMILES string of the molecule is O=C(C[C@@](O)(C(=O)c1ccc(Cl)cc1)[C@H](O)COC(=O)c1ccc(Cl)cc1)OP(=O)(O)OC(=O)C[C@@](O)(C(=O)c1ccc(Cl)cc1)[C@H](O)COC(=O)c1ccc(Cl)cc1. The lowest BCUT2D eigenvalue weighted by atomic mass is 9.85. The summed E-state index contributed by atoms with van der Waals surface area (Å²) in [6.07, 6.45) is -8.04. The molecule has 16 nitrogen and oxygen atoms in total. The Labute approximate surface area is 354 Å². The molecule has 0 spiro atoms. The van der Waals surface area contributed by atoms with Gasteiger partial charge >= 0.3 is 31.7 Å². The van der Waals surface area contributed by atoms with Gasteiger partial charge in [0.25, 0.3) is 0 Å². The molecule has 4 atom stereocenters. The van der Waals surface area contributed by atoms with Crippen molar-refractivity contribution in [2.24, 2.45) is 0 Å². The van der Waals surface area contributed by atoms with Gasteiger partial charge in [-0.25, -0.2) is 14.2 Å². The highest BCUT2D eigenvalue weighted by Crippen LogP contribution is 2.45. The fourth-order valence-corrected chi connectivity index (χ4v) is 6.29. The van der Waals surface area contributed by atoms with Gasteiger partial charge in [0.05, 0.1) is 24.0 Å². The van der Waals surface area contributed by atoms with Crippen LogP contribution in [0.3, 0.4) is 0 Å². The Morgan fingerprint density at radius 3 is 1.03 bits per heavy atom. The van der Waals surface area contributed by atoms with Gasteiger partial charge in [-0.05, 0) is 97.1 Å². The summed E-state index contributed by atoms with van der Waals surface area (Å²) in [6.45, 7) is -2.23. The Morgan fingerprint density at radius 1 is 0.508 bits per heavy atom. The zero-order valence-electron chi connectivity index (χ0n) is 29.9. The molecule has 0 radical (unpaired) electrons. The van der Waals surface area contributed by atoms with Crippen LogP contribution in [0.2, 0.25) is 20.1 Å². The summed E-state index contributed by atoms with van der Waals surface area (Å²) in [5, 5.41) is 45.6. The number of ketones is 2. The van der Waals surface area contributed by atoms with Crippen molar-refractivity contribution in [3.05, 3.63) is 139 Å². The molecule has 0 aliphatic carbocycles. The highest BCUT2D eigenvalue weighted by atomic mass is 35.5. The zero-order valence-corrected chi connectivity index (χ0v) is 33.8. The number of phosphoric acid groups is 1. The molecule has 0 heterocycles. The summed E-state index contributed by atoms with van der Waals surface area (Å²) in [5.74, 6) is -8.70. The number of Topliss-reactive ketones (excluding diaryl/α,β-unsaturated/α-hetero) is 2. The molecule has 0 aliphatic heterocycles. The van der Waals surface area contributed by atoms with Crippen LogP contribution in [0.1, 0.15) is 54.3 Å². The number of aliphatic hydroxyl groups is 4. The quantitative estimate of drug-likeness (QED) is 0.0486. The summed E-state index contributed by atoms with van der Waals surface area (Å²) < 4.78 is 31.7. The second kappa shape index (κ2) is 20.0. The number of hydrogen-bond donors (Lipinski definition) is 5. The average Bonchev–Trinajstić information content (AvgIpc) is 3.18. The number of phosphoric ester groups is 1. The second-order valence-electron chi connectivity index (χ2n) is 12.5. The average molecular weight is 916 g/mol. The molecule has 21 heteroatoms. The molecule has 312 valence electrons. The predicted molar refractivity (Wildman–Crippen MR) is 208 cm³/mol. The van der Waals surface area contributed by atoms with E-state index in [0.717, 1.165) is 24.3 Å². The minimum Gasteiger partial charge on any atom is -0.459 e. The third kappa shape index (κ3) is 12.6. The van der Waals surface area contributed by atoms with Crippen LogP contribution >= 0.6 is 54.2 Å². The van der Waals surface area contributed by atoms with Crippen molar-refractivity contribution in [2.75, 3.05) is 13.2 Å². The van der Waals surface area contributed by atoms with Crippen LogP contribution in [0.15, 0.2) is 97.1 Å². The molecule has 0 saturated carbocycles. The minimum absolute atomic E-state index is 0.0511. The molecule has 0 aliphatic rings. The first kappa shape index (κ1) is 47.0. The molecule has 59 heavy (non-hydrogen) atoms. The summed E-state index contributed by atoms with van der Waals surface area (Å²) in [7, 11) is -5.94. The summed E-state index contributed by atoms with van der Waals surface area (Å²) in [4.78, 5) is 88.5. The van der Waals surface area contributed by atoms with Crippen molar-refractivity contribution in [1.29, 1.82) is 0 Å². The van der Waals surface area contributed by atoms with Gasteiger partial charge in [0.15, 0.2) is 22.8 Å². The topological polar surface area (TPSA) is 258 Å². The smallest absolute Gasteiger partial charge is 0.459 e. The van der Waals surface area contributed by atoms with E-state index in [1.54, 1.807) is 0 Å². The molecule has 0 unspecified atom stereocenters. The number of benzene rings is 4. The van der Waals surface area contributed by atoms with Gasteiger partial charge in [-0.3, -0.25) is 24.1 Å². The Hall–Kier alpha value is -4.71. The van der Waals surface area contributed by atoms with E-state index >= 15 is 0 Å². The van der Waals surface area contributed by atoms with Gasteiger partial charge in [0.2, 0.25) is 0 Å². The first-order valence-electron chi connectivity index (χ1n) is 16.7. The highest BCUT2D eigenvalue weighted by molar-refractivity contribution is 7.48. The number of halogens is 4. The molecule has 5 N–H and O–H groups in total. The van der Waals surface area contributed by atoms with Crippen LogP contribution in [0.25, 0.3) is 0 Å². The summed E-state index contributed by atoms with van der Waals surface area (Å²) in [6, 6.07) is 19.8. The van der Waals surface area contributed by atoms with Gasteiger partial charge in [-0.2, -0.15) is 0 Å². The lowest BCUT2D eigenvalue weighted by molar-refractivity contribution is -0.149.